The summed E-state index contributed by atoms with van der Waals surface area (Å²) in [5.74, 6) is -1.46. The third-order valence-corrected chi connectivity index (χ3v) is 5.60. The molecule has 2 bridgehead atoms. The van der Waals surface area contributed by atoms with Crippen molar-refractivity contribution < 1.29 is 19.4 Å². The number of carbonyl (C=O) groups excluding carboxylic acids is 1. The number of benzene rings is 1. The lowest BCUT2D eigenvalue weighted by Crippen LogP contribution is -2.39. The van der Waals surface area contributed by atoms with Gasteiger partial charge in [-0.05, 0) is 24.8 Å². The molecule has 0 aliphatic carbocycles. The molecule has 1 aromatic rings. The van der Waals surface area contributed by atoms with Gasteiger partial charge in [0.15, 0.2) is 0 Å². The fourth-order valence-corrected chi connectivity index (χ4v) is 4.40. The van der Waals surface area contributed by atoms with Crippen molar-refractivity contribution in [1.82, 2.24) is 4.90 Å². The minimum Gasteiger partial charge on any atom is -0.481 e. The highest BCUT2D eigenvalue weighted by Crippen LogP contribution is 2.41. The van der Waals surface area contributed by atoms with E-state index in [2.05, 4.69) is 0 Å². The molecular formula is C18H21NO4. The molecule has 3 saturated heterocycles. The Bertz CT molecular complexity index is 617. The summed E-state index contributed by atoms with van der Waals surface area (Å²) in [5.41, 5.74) is 0.999. The monoisotopic (exact) mass is 315 g/mol. The van der Waals surface area contributed by atoms with Crippen LogP contribution in [-0.2, 0) is 14.3 Å². The normalized spacial score (nSPS) is 35.7. The lowest BCUT2D eigenvalue weighted by Gasteiger charge is -2.24. The van der Waals surface area contributed by atoms with Crippen molar-refractivity contribution >= 4 is 11.9 Å². The van der Waals surface area contributed by atoms with Crippen LogP contribution in [0.4, 0.5) is 0 Å². The number of nitrogens with zero attached hydrogens (tertiary/aromatic N) is 1. The summed E-state index contributed by atoms with van der Waals surface area (Å²) >= 11 is 0. The number of carboxylic acid groups (broad SMARTS) is 1. The highest BCUT2D eigenvalue weighted by molar-refractivity contribution is 5.82. The van der Waals surface area contributed by atoms with Crippen LogP contribution in [0, 0.1) is 11.8 Å². The first kappa shape index (κ1) is 14.7. The van der Waals surface area contributed by atoms with E-state index in [1.54, 1.807) is 4.90 Å². The first-order valence-electron chi connectivity index (χ1n) is 8.35. The summed E-state index contributed by atoms with van der Waals surface area (Å²) in [6.07, 6.45) is 3.09. The smallest absolute Gasteiger partial charge is 0.308 e. The molecule has 0 radical (unpaired) electrons. The van der Waals surface area contributed by atoms with Crippen molar-refractivity contribution in [3.05, 3.63) is 35.9 Å². The van der Waals surface area contributed by atoms with Crippen LogP contribution in [0.3, 0.4) is 0 Å². The standard InChI is InChI=1S/C18H21NO4/c20-17(13-8-12-6-7-16(13)23-12)19-9-14(15(10-19)18(21)22)11-4-2-1-3-5-11/h1-5,12-16H,6-10H2,(H,21,22)/t12-,13+,14+,15+,16+/m0/s1. The van der Waals surface area contributed by atoms with Gasteiger partial charge in [0, 0.05) is 19.0 Å². The van der Waals surface area contributed by atoms with Crippen LogP contribution in [0.15, 0.2) is 30.3 Å². The number of fused-ring (bicyclic) bond motifs is 2. The maximum absolute atomic E-state index is 12.8. The highest BCUT2D eigenvalue weighted by Gasteiger charge is 2.48. The Kier molecular flexibility index (Phi) is 3.60. The number of carbonyl (C=O) groups is 2. The van der Waals surface area contributed by atoms with Gasteiger partial charge in [-0.2, -0.15) is 0 Å². The first-order valence-corrected chi connectivity index (χ1v) is 8.35. The quantitative estimate of drug-likeness (QED) is 0.925. The third-order valence-electron chi connectivity index (χ3n) is 5.60. The Hall–Kier alpha value is -1.88. The molecule has 3 heterocycles. The summed E-state index contributed by atoms with van der Waals surface area (Å²) in [5, 5.41) is 9.55. The zero-order valence-corrected chi connectivity index (χ0v) is 12.9. The largest absolute Gasteiger partial charge is 0.481 e. The molecule has 0 aromatic heterocycles. The van der Waals surface area contributed by atoms with Crippen molar-refractivity contribution in [1.29, 1.82) is 0 Å². The summed E-state index contributed by atoms with van der Waals surface area (Å²) in [6.45, 7) is 0.801. The third kappa shape index (κ3) is 2.53. The maximum Gasteiger partial charge on any atom is 0.308 e. The molecule has 3 aliphatic heterocycles. The van der Waals surface area contributed by atoms with Gasteiger partial charge in [-0.1, -0.05) is 30.3 Å². The number of amides is 1. The Balaban J connectivity index is 1.52. The Labute approximate surface area is 135 Å². The van der Waals surface area contributed by atoms with E-state index < -0.39 is 11.9 Å². The molecule has 23 heavy (non-hydrogen) atoms. The van der Waals surface area contributed by atoms with Gasteiger partial charge < -0.3 is 14.7 Å². The molecule has 5 heteroatoms. The van der Waals surface area contributed by atoms with Crippen LogP contribution < -0.4 is 0 Å². The molecular weight excluding hydrogens is 294 g/mol. The van der Waals surface area contributed by atoms with Gasteiger partial charge in [0.05, 0.1) is 24.0 Å². The zero-order chi connectivity index (χ0) is 16.0. The lowest BCUT2D eigenvalue weighted by atomic mass is 9.88. The van der Waals surface area contributed by atoms with Gasteiger partial charge in [-0.25, -0.2) is 0 Å². The molecule has 3 fully saturated rings. The molecule has 5 nitrogen and oxygen atoms in total. The van der Waals surface area contributed by atoms with Crippen LogP contribution in [0.5, 0.6) is 0 Å². The number of ether oxygens (including phenoxy) is 1. The molecule has 1 N–H and O–H groups in total. The van der Waals surface area contributed by atoms with E-state index in [0.29, 0.717) is 13.1 Å². The molecule has 0 saturated carbocycles. The Morgan fingerprint density at radius 3 is 2.48 bits per heavy atom. The van der Waals surface area contributed by atoms with Crippen molar-refractivity contribution in [2.24, 2.45) is 11.8 Å². The van der Waals surface area contributed by atoms with E-state index in [9.17, 15) is 14.7 Å². The molecule has 0 spiro atoms. The summed E-state index contributed by atoms with van der Waals surface area (Å²) < 4.78 is 5.79. The van der Waals surface area contributed by atoms with E-state index in [4.69, 9.17) is 4.74 Å². The van der Waals surface area contributed by atoms with Crippen LogP contribution >= 0.6 is 0 Å². The topological polar surface area (TPSA) is 66.8 Å². The summed E-state index contributed by atoms with van der Waals surface area (Å²) in [4.78, 5) is 26.2. The average Bonchev–Trinajstić information content (AvgIpc) is 3.29. The van der Waals surface area contributed by atoms with Gasteiger partial charge in [-0.3, -0.25) is 9.59 Å². The fraction of sp³-hybridized carbons (Fsp3) is 0.556. The highest BCUT2D eigenvalue weighted by atomic mass is 16.5. The SMILES string of the molecule is O=C(O)[C@@H]1CN(C(=O)[C@@H]2C[C@@H]3CC[C@H]2O3)C[C@@H]1c1ccccc1. The van der Waals surface area contributed by atoms with Crippen LogP contribution in [0.1, 0.15) is 30.7 Å². The van der Waals surface area contributed by atoms with Crippen LogP contribution in [-0.4, -0.2) is 47.2 Å². The number of rotatable bonds is 3. The van der Waals surface area contributed by atoms with Gasteiger partial charge in [0.25, 0.3) is 0 Å². The van der Waals surface area contributed by atoms with E-state index in [1.165, 1.54) is 0 Å². The second kappa shape index (κ2) is 5.64. The van der Waals surface area contributed by atoms with Crippen molar-refractivity contribution in [2.75, 3.05) is 13.1 Å². The molecule has 5 atom stereocenters. The molecule has 1 aromatic carbocycles. The predicted octanol–water partition coefficient (Wildman–Crippen LogP) is 1.88. The average molecular weight is 315 g/mol. The summed E-state index contributed by atoms with van der Waals surface area (Å²) in [7, 11) is 0. The van der Waals surface area contributed by atoms with Crippen LogP contribution in [0.2, 0.25) is 0 Å². The lowest BCUT2D eigenvalue weighted by molar-refractivity contribution is -0.142. The number of carboxylic acids is 1. The van der Waals surface area contributed by atoms with E-state index in [1.807, 2.05) is 30.3 Å². The maximum atomic E-state index is 12.8. The number of likely N-dealkylation sites (tertiary alicyclic amines) is 1. The molecule has 4 rings (SSSR count). The van der Waals surface area contributed by atoms with E-state index in [-0.39, 0.29) is 30.0 Å². The minimum atomic E-state index is -0.821. The van der Waals surface area contributed by atoms with Crippen molar-refractivity contribution in [2.45, 2.75) is 37.4 Å². The fourth-order valence-electron chi connectivity index (χ4n) is 4.40. The molecule has 122 valence electrons. The van der Waals surface area contributed by atoms with Crippen LogP contribution in [0.25, 0.3) is 0 Å². The minimum absolute atomic E-state index is 0.0477. The second-order valence-corrected chi connectivity index (χ2v) is 6.92. The van der Waals surface area contributed by atoms with E-state index in [0.717, 1.165) is 24.8 Å². The van der Waals surface area contributed by atoms with Gasteiger partial charge in [0.1, 0.15) is 0 Å². The molecule has 1 amide bonds. The van der Waals surface area contributed by atoms with Gasteiger partial charge >= 0.3 is 5.97 Å². The second-order valence-electron chi connectivity index (χ2n) is 6.92. The zero-order valence-electron chi connectivity index (χ0n) is 12.9. The van der Waals surface area contributed by atoms with Gasteiger partial charge in [0.2, 0.25) is 5.91 Å². The molecule has 0 unspecified atom stereocenters. The van der Waals surface area contributed by atoms with E-state index >= 15 is 0 Å². The predicted molar refractivity (Wildman–Crippen MR) is 82.9 cm³/mol. The summed E-state index contributed by atoms with van der Waals surface area (Å²) in [6, 6.07) is 9.67. The number of hydrogen-bond donors (Lipinski definition) is 1. The van der Waals surface area contributed by atoms with Crippen molar-refractivity contribution in [3.8, 4) is 0 Å². The number of hydrogen-bond acceptors (Lipinski definition) is 3. The number of aliphatic carboxylic acids is 1. The van der Waals surface area contributed by atoms with Gasteiger partial charge in [-0.15, -0.1) is 0 Å². The Morgan fingerprint density at radius 1 is 1.09 bits per heavy atom. The Morgan fingerprint density at radius 2 is 1.87 bits per heavy atom. The molecule has 3 aliphatic rings. The first-order chi connectivity index (χ1) is 11.1. The van der Waals surface area contributed by atoms with Crippen molar-refractivity contribution in [3.63, 3.8) is 0 Å².